The Kier molecular flexibility index (Phi) is 8.90. The van der Waals surface area contributed by atoms with Crippen LogP contribution in [0.25, 0.3) is 0 Å². The largest absolute Gasteiger partial charge is 0.726 e. The first kappa shape index (κ1) is 25.0. The van der Waals surface area contributed by atoms with Gasteiger partial charge in [0, 0.05) is 30.6 Å². The van der Waals surface area contributed by atoms with E-state index in [0.717, 1.165) is 30.7 Å². The standard InChI is InChI=1S/C18H18N5O2S.CH4O4S/c1-21(12-14-6-4-3-5-7-14)16-10-8-15(9-11-16)19-20-18-22(2)13-17(26-18)23(24)25;1-5-6(2,3)4/h3-11,13H,12H2,1-2H3;1H3,(H,2,3,4)/q+1;/p-1. The molecule has 0 saturated carbocycles. The molecule has 0 atom stereocenters. The van der Waals surface area contributed by atoms with Crippen molar-refractivity contribution in [2.24, 2.45) is 17.3 Å². The van der Waals surface area contributed by atoms with E-state index in [1.54, 1.807) is 11.6 Å². The predicted octanol–water partition coefficient (Wildman–Crippen LogP) is 3.63. The zero-order valence-corrected chi connectivity index (χ0v) is 19.1. The molecule has 0 N–H and O–H groups in total. The molecule has 0 radical (unpaired) electrons. The molecule has 11 nitrogen and oxygen atoms in total. The van der Waals surface area contributed by atoms with Crippen molar-refractivity contribution in [2.75, 3.05) is 19.1 Å². The number of hydrogen-bond acceptors (Lipinski definition) is 10. The van der Waals surface area contributed by atoms with Gasteiger partial charge in [0.2, 0.25) is 10.4 Å². The molecule has 2 aromatic carbocycles. The summed E-state index contributed by atoms with van der Waals surface area (Å²) in [7, 11) is 0.140. The van der Waals surface area contributed by atoms with Gasteiger partial charge in [-0.1, -0.05) is 30.3 Å². The first-order chi connectivity index (χ1) is 15.1. The van der Waals surface area contributed by atoms with Crippen molar-refractivity contribution in [1.29, 1.82) is 0 Å². The van der Waals surface area contributed by atoms with Crippen LogP contribution >= 0.6 is 11.3 Å². The number of aromatic nitrogens is 1. The summed E-state index contributed by atoms with van der Waals surface area (Å²) in [6.07, 6.45) is 1.43. The van der Waals surface area contributed by atoms with Crippen LogP contribution in [0.1, 0.15) is 5.56 Å². The lowest BCUT2D eigenvalue weighted by Crippen LogP contribution is -2.23. The monoisotopic (exact) mass is 479 g/mol. The zero-order valence-electron chi connectivity index (χ0n) is 17.5. The van der Waals surface area contributed by atoms with Crippen LogP contribution in [0.15, 0.2) is 71.0 Å². The molecule has 13 heteroatoms. The van der Waals surface area contributed by atoms with E-state index in [1.807, 2.05) is 49.5 Å². The van der Waals surface area contributed by atoms with E-state index < -0.39 is 15.3 Å². The van der Waals surface area contributed by atoms with Crippen molar-refractivity contribution in [3.8, 4) is 0 Å². The second kappa shape index (κ2) is 11.4. The highest BCUT2D eigenvalue weighted by Crippen LogP contribution is 2.27. The Morgan fingerprint density at radius 1 is 1.12 bits per heavy atom. The maximum Gasteiger partial charge on any atom is 0.414 e. The highest BCUT2D eigenvalue weighted by atomic mass is 32.3. The van der Waals surface area contributed by atoms with Gasteiger partial charge in [0.15, 0.2) is 6.20 Å². The molecule has 1 heterocycles. The van der Waals surface area contributed by atoms with Crippen molar-refractivity contribution >= 4 is 43.2 Å². The van der Waals surface area contributed by atoms with Crippen molar-refractivity contribution in [1.82, 2.24) is 0 Å². The van der Waals surface area contributed by atoms with Gasteiger partial charge in [0.25, 0.3) is 0 Å². The topological polar surface area (TPSA) is 141 Å². The van der Waals surface area contributed by atoms with Crippen molar-refractivity contribution in [3.63, 3.8) is 0 Å². The Morgan fingerprint density at radius 2 is 1.72 bits per heavy atom. The summed E-state index contributed by atoms with van der Waals surface area (Å²) in [4.78, 5) is 12.5. The number of rotatable bonds is 7. The van der Waals surface area contributed by atoms with Gasteiger partial charge >= 0.3 is 10.1 Å². The average molecular weight is 480 g/mol. The third kappa shape index (κ3) is 8.11. The fraction of sp³-hybridized carbons (Fsp3) is 0.211. The van der Waals surface area contributed by atoms with Gasteiger partial charge in [-0.05, 0) is 34.9 Å². The van der Waals surface area contributed by atoms with Gasteiger partial charge in [-0.2, -0.15) is 0 Å². The molecular weight excluding hydrogens is 458 g/mol. The van der Waals surface area contributed by atoms with Crippen LogP contribution in [0.2, 0.25) is 0 Å². The van der Waals surface area contributed by atoms with E-state index in [4.69, 9.17) is 0 Å². The second-order valence-electron chi connectivity index (χ2n) is 6.35. The predicted molar refractivity (Wildman–Crippen MR) is 118 cm³/mol. The quantitative estimate of drug-likeness (QED) is 0.126. The number of thiazole rings is 1. The number of nitrogens with zero attached hydrogens (tertiary/aromatic N) is 5. The van der Waals surface area contributed by atoms with Gasteiger partial charge in [0.1, 0.15) is 5.69 Å². The molecule has 1 aromatic heterocycles. The molecule has 0 saturated heterocycles. The van der Waals surface area contributed by atoms with E-state index in [-0.39, 0.29) is 5.00 Å². The third-order valence-corrected chi connectivity index (χ3v) is 5.41. The van der Waals surface area contributed by atoms with Crippen LogP contribution in [0, 0.1) is 10.1 Å². The Morgan fingerprint density at radius 3 is 2.22 bits per heavy atom. The van der Waals surface area contributed by atoms with Crippen LogP contribution in [-0.4, -0.2) is 32.1 Å². The lowest BCUT2D eigenvalue weighted by molar-refractivity contribution is -0.656. The minimum absolute atomic E-state index is 0.0411. The summed E-state index contributed by atoms with van der Waals surface area (Å²) in [5.41, 5.74) is 3.01. The van der Waals surface area contributed by atoms with E-state index in [1.165, 1.54) is 11.8 Å². The molecule has 3 aromatic rings. The minimum Gasteiger partial charge on any atom is -0.726 e. The second-order valence-corrected chi connectivity index (χ2v) is 8.49. The number of nitro groups is 1. The molecule has 32 heavy (non-hydrogen) atoms. The number of hydrogen-bond donors (Lipinski definition) is 0. The molecule has 0 aliphatic heterocycles. The Balaban J connectivity index is 0.000000534. The Hall–Kier alpha value is -3.26. The minimum atomic E-state index is -4.41. The lowest BCUT2D eigenvalue weighted by atomic mass is 10.2. The Bertz CT molecular complexity index is 1160. The molecule has 0 bridgehead atoms. The lowest BCUT2D eigenvalue weighted by Gasteiger charge is -2.19. The van der Waals surface area contributed by atoms with Gasteiger partial charge in [0.05, 0.1) is 24.2 Å². The highest BCUT2D eigenvalue weighted by Gasteiger charge is 2.21. The molecule has 0 aliphatic carbocycles. The highest BCUT2D eigenvalue weighted by molar-refractivity contribution is 7.80. The van der Waals surface area contributed by atoms with E-state index in [0.29, 0.717) is 10.8 Å². The molecule has 0 spiro atoms. The normalized spacial score (nSPS) is 11.1. The van der Waals surface area contributed by atoms with Crippen molar-refractivity contribution in [2.45, 2.75) is 6.54 Å². The Labute approximate surface area is 189 Å². The number of benzene rings is 2. The van der Waals surface area contributed by atoms with Gasteiger partial charge in [-0.3, -0.25) is 14.3 Å². The smallest absolute Gasteiger partial charge is 0.414 e. The fourth-order valence-corrected chi connectivity index (χ4v) is 3.16. The molecule has 0 fully saturated rings. The number of azo groups is 1. The summed E-state index contributed by atoms with van der Waals surface area (Å²) in [6, 6.07) is 18.0. The molecule has 0 unspecified atom stereocenters. The maximum absolute atomic E-state index is 10.8. The summed E-state index contributed by atoms with van der Waals surface area (Å²) in [5, 5.41) is 19.6. The summed E-state index contributed by atoms with van der Waals surface area (Å²) in [6.45, 7) is 0.816. The van der Waals surface area contributed by atoms with E-state index >= 15 is 0 Å². The van der Waals surface area contributed by atoms with Gasteiger partial charge < -0.3 is 9.45 Å². The summed E-state index contributed by atoms with van der Waals surface area (Å²) < 4.78 is 32.6. The van der Waals surface area contributed by atoms with Crippen LogP contribution in [0.5, 0.6) is 0 Å². The van der Waals surface area contributed by atoms with E-state index in [2.05, 4.69) is 31.4 Å². The number of anilines is 1. The molecule has 0 aliphatic rings. The fourth-order valence-electron chi connectivity index (χ4n) is 2.41. The first-order valence-electron chi connectivity index (χ1n) is 9.01. The molecule has 3 rings (SSSR count). The third-order valence-electron chi connectivity index (χ3n) is 3.99. The van der Waals surface area contributed by atoms with Crippen LogP contribution in [0.4, 0.5) is 21.5 Å². The van der Waals surface area contributed by atoms with Crippen molar-refractivity contribution < 1.29 is 26.6 Å². The van der Waals surface area contributed by atoms with Crippen molar-refractivity contribution in [3.05, 3.63) is 76.5 Å². The van der Waals surface area contributed by atoms with Gasteiger partial charge in [-0.15, -0.1) is 0 Å². The molecule has 0 amide bonds. The summed E-state index contributed by atoms with van der Waals surface area (Å²) >= 11 is 0.991. The number of aryl methyl sites for hydroxylation is 1. The first-order valence-corrected chi connectivity index (χ1v) is 11.2. The van der Waals surface area contributed by atoms with Gasteiger partial charge in [-0.25, -0.2) is 13.0 Å². The van der Waals surface area contributed by atoms with Crippen LogP contribution in [0.3, 0.4) is 0 Å². The molecule has 170 valence electrons. The maximum atomic E-state index is 10.8. The van der Waals surface area contributed by atoms with Crippen LogP contribution < -0.4 is 9.47 Å². The van der Waals surface area contributed by atoms with Crippen LogP contribution in [-0.2, 0) is 28.2 Å². The summed E-state index contributed by atoms with van der Waals surface area (Å²) in [5.74, 6) is 0. The SMILES string of the molecule is CN(Cc1ccccc1)c1ccc(N=Nc2sc([N+](=O)[O-])c[n+]2C)cc1.COS(=O)(=O)[O-]. The molecular formula is C19H21N5O6S2. The van der Waals surface area contributed by atoms with E-state index in [9.17, 15) is 23.1 Å². The average Bonchev–Trinajstić information content (AvgIpc) is 3.14. The zero-order chi connectivity index (χ0) is 23.7.